The van der Waals surface area contributed by atoms with E-state index in [0.29, 0.717) is 11.1 Å². The van der Waals surface area contributed by atoms with Gasteiger partial charge in [-0.15, -0.1) is 13.2 Å². The predicted octanol–water partition coefficient (Wildman–Crippen LogP) is 7.22. The molecule has 6 nitrogen and oxygen atoms in total. The van der Waals surface area contributed by atoms with Crippen LogP contribution in [0.4, 0.5) is 30.7 Å². The molecule has 2 aliphatic rings. The van der Waals surface area contributed by atoms with Crippen molar-refractivity contribution in [3.8, 4) is 47.2 Å². The summed E-state index contributed by atoms with van der Waals surface area (Å²) in [7, 11) is 0. The number of ether oxygens (including phenoxy) is 1. The monoisotopic (exact) mass is 585 g/mol. The van der Waals surface area contributed by atoms with Crippen molar-refractivity contribution in [3.05, 3.63) is 98.6 Å². The number of nitriles is 5. The molecule has 13 heteroatoms. The lowest BCUT2D eigenvalue weighted by Gasteiger charge is -2.15. The number of allylic oxidation sites excluding steroid dienone is 5. The summed E-state index contributed by atoms with van der Waals surface area (Å²) in [5, 5.41) is 48.4. The van der Waals surface area contributed by atoms with Gasteiger partial charge in [0.1, 0.15) is 47.3 Å². The number of nitrogens with zero attached hydrogens (tertiary/aromatic N) is 5. The summed E-state index contributed by atoms with van der Waals surface area (Å²) < 4.78 is 102. The first-order chi connectivity index (χ1) is 20.4. The lowest BCUT2D eigenvalue weighted by Crippen LogP contribution is -2.20. The van der Waals surface area contributed by atoms with Gasteiger partial charge in [0, 0.05) is 27.8 Å². The molecule has 0 fully saturated rings. The third kappa shape index (κ3) is 4.15. The van der Waals surface area contributed by atoms with Crippen molar-refractivity contribution < 1.29 is 35.5 Å². The predicted molar refractivity (Wildman–Crippen MR) is 133 cm³/mol. The van der Waals surface area contributed by atoms with Crippen molar-refractivity contribution >= 4 is 22.3 Å². The highest BCUT2D eigenvalue weighted by atomic mass is 19.4. The standard InChI is InChI=1S/C30H6F7N5O/c31-15-2-4-17-16-3-1-12(5-18(16)21(19(17)6-15)13(7-38)8-39)22-20(11-42)24-25(23(22)14(9-40)10-41)27(33)29(28(34)26(24)32)43-30(35,36)37/h1-6H. The third-order valence-corrected chi connectivity index (χ3v) is 6.68. The Morgan fingerprint density at radius 1 is 0.628 bits per heavy atom. The molecule has 0 spiro atoms. The topological polar surface area (TPSA) is 128 Å². The maximum atomic E-state index is 15.6. The maximum Gasteiger partial charge on any atom is 0.573 e. The number of benzene rings is 3. The fraction of sp³-hybridized carbons (Fsp3) is 0.0333. The Bertz CT molecular complexity index is 2110. The fourth-order valence-electron chi connectivity index (χ4n) is 5.13. The highest BCUT2D eigenvalue weighted by Crippen LogP contribution is 2.54. The van der Waals surface area contributed by atoms with E-state index in [-0.39, 0.29) is 22.3 Å². The molecule has 0 atom stereocenters. The van der Waals surface area contributed by atoms with Gasteiger partial charge in [0.15, 0.2) is 11.6 Å². The Morgan fingerprint density at radius 3 is 1.74 bits per heavy atom. The number of hydrogen-bond acceptors (Lipinski definition) is 6. The normalized spacial score (nSPS) is 12.7. The lowest BCUT2D eigenvalue weighted by atomic mass is 9.89. The Balaban J connectivity index is 1.89. The minimum absolute atomic E-state index is 0.0402. The van der Waals surface area contributed by atoms with Crippen LogP contribution < -0.4 is 4.74 Å². The Kier molecular flexibility index (Phi) is 6.50. The van der Waals surface area contributed by atoms with Gasteiger partial charge >= 0.3 is 6.36 Å². The SMILES string of the molecule is N#CC(C#N)=C1c2cc(F)ccc2-c2ccc(C3=C(C#N)c4c(F)c(F)c(OC(F)(F)F)c(F)c4C3=C(C#N)C#N)cc21. The van der Waals surface area contributed by atoms with Gasteiger partial charge < -0.3 is 4.74 Å². The average molecular weight is 585 g/mol. The maximum absolute atomic E-state index is 15.6. The van der Waals surface area contributed by atoms with E-state index in [1.54, 1.807) is 12.1 Å². The summed E-state index contributed by atoms with van der Waals surface area (Å²) >= 11 is 0. The van der Waals surface area contributed by atoms with Crippen LogP contribution in [0.1, 0.15) is 27.8 Å². The molecular weight excluding hydrogens is 579 g/mol. The van der Waals surface area contributed by atoms with E-state index in [1.807, 2.05) is 0 Å². The lowest BCUT2D eigenvalue weighted by molar-refractivity contribution is -0.276. The first kappa shape index (κ1) is 28.2. The number of fused-ring (bicyclic) bond motifs is 4. The summed E-state index contributed by atoms with van der Waals surface area (Å²) in [5.74, 6) is -9.58. The largest absolute Gasteiger partial charge is 0.573 e. The van der Waals surface area contributed by atoms with Crippen LogP contribution in [0.5, 0.6) is 5.75 Å². The van der Waals surface area contributed by atoms with Crippen LogP contribution in [-0.2, 0) is 0 Å². The minimum Gasteiger partial charge on any atom is -0.399 e. The quantitative estimate of drug-likeness (QED) is 0.139. The minimum atomic E-state index is -5.68. The van der Waals surface area contributed by atoms with Crippen LogP contribution in [0.15, 0.2) is 47.5 Å². The summed E-state index contributed by atoms with van der Waals surface area (Å²) in [6, 6.07) is 15.2. The molecule has 0 aliphatic heterocycles. The summed E-state index contributed by atoms with van der Waals surface area (Å²) in [6.07, 6.45) is -5.68. The summed E-state index contributed by atoms with van der Waals surface area (Å²) in [4.78, 5) is 0. The van der Waals surface area contributed by atoms with Crippen molar-refractivity contribution in [2.75, 3.05) is 0 Å². The summed E-state index contributed by atoms with van der Waals surface area (Å²) in [5.41, 5.74) is -5.16. The first-order valence-electron chi connectivity index (χ1n) is 11.6. The van der Waals surface area contributed by atoms with E-state index in [4.69, 9.17) is 0 Å². The molecule has 206 valence electrons. The second kappa shape index (κ2) is 9.93. The fourth-order valence-corrected chi connectivity index (χ4v) is 5.13. The molecular formula is C30H6F7N5O. The Hall–Kier alpha value is -6.36. The molecule has 0 bridgehead atoms. The zero-order valence-corrected chi connectivity index (χ0v) is 20.8. The molecule has 0 aromatic heterocycles. The van der Waals surface area contributed by atoms with E-state index in [0.717, 1.165) is 12.1 Å². The molecule has 0 radical (unpaired) electrons. The second-order valence-corrected chi connectivity index (χ2v) is 8.83. The molecule has 0 unspecified atom stereocenters. The van der Waals surface area contributed by atoms with Crippen molar-refractivity contribution in [2.24, 2.45) is 0 Å². The summed E-state index contributed by atoms with van der Waals surface area (Å²) in [6.45, 7) is 0. The van der Waals surface area contributed by atoms with Crippen LogP contribution in [0.25, 0.3) is 33.4 Å². The van der Waals surface area contributed by atoms with E-state index in [9.17, 15) is 48.3 Å². The van der Waals surface area contributed by atoms with Crippen LogP contribution in [0, 0.1) is 79.9 Å². The van der Waals surface area contributed by atoms with Gasteiger partial charge in [0.2, 0.25) is 11.6 Å². The average Bonchev–Trinajstić information content (AvgIpc) is 3.48. The molecule has 5 rings (SSSR count). The smallest absolute Gasteiger partial charge is 0.399 e. The second-order valence-electron chi connectivity index (χ2n) is 8.83. The van der Waals surface area contributed by atoms with Gasteiger partial charge in [-0.3, -0.25) is 0 Å². The highest BCUT2D eigenvalue weighted by Gasteiger charge is 2.43. The Labute approximate surface area is 236 Å². The zero-order valence-electron chi connectivity index (χ0n) is 20.8. The molecule has 0 heterocycles. The van der Waals surface area contributed by atoms with Crippen molar-refractivity contribution in [3.63, 3.8) is 0 Å². The van der Waals surface area contributed by atoms with E-state index in [1.165, 1.54) is 42.5 Å². The van der Waals surface area contributed by atoms with Gasteiger partial charge in [-0.1, -0.05) is 18.2 Å². The Morgan fingerprint density at radius 2 is 1.19 bits per heavy atom. The van der Waals surface area contributed by atoms with Crippen LogP contribution >= 0.6 is 0 Å². The van der Waals surface area contributed by atoms with Gasteiger partial charge in [0.05, 0.1) is 5.57 Å². The number of rotatable bonds is 2. The van der Waals surface area contributed by atoms with Gasteiger partial charge in [-0.25, -0.2) is 13.2 Å². The molecule has 0 saturated heterocycles. The van der Waals surface area contributed by atoms with Crippen LogP contribution in [0.3, 0.4) is 0 Å². The molecule has 3 aromatic rings. The van der Waals surface area contributed by atoms with Gasteiger partial charge in [-0.2, -0.15) is 30.7 Å². The van der Waals surface area contributed by atoms with Crippen molar-refractivity contribution in [2.45, 2.75) is 6.36 Å². The van der Waals surface area contributed by atoms with E-state index >= 15 is 8.78 Å². The molecule has 0 N–H and O–H groups in total. The third-order valence-electron chi connectivity index (χ3n) is 6.68. The molecule has 43 heavy (non-hydrogen) atoms. The van der Waals surface area contributed by atoms with Crippen molar-refractivity contribution in [1.29, 1.82) is 26.3 Å². The van der Waals surface area contributed by atoms with E-state index < -0.39 is 74.4 Å². The molecule has 2 aliphatic carbocycles. The van der Waals surface area contributed by atoms with Crippen molar-refractivity contribution in [1.82, 2.24) is 0 Å². The van der Waals surface area contributed by atoms with Crippen LogP contribution in [0.2, 0.25) is 0 Å². The van der Waals surface area contributed by atoms with Crippen LogP contribution in [-0.4, -0.2) is 6.36 Å². The first-order valence-corrected chi connectivity index (χ1v) is 11.6. The number of halogens is 7. The van der Waals surface area contributed by atoms with E-state index in [2.05, 4.69) is 4.74 Å². The molecule has 3 aromatic carbocycles. The number of hydrogen-bond donors (Lipinski definition) is 0. The molecule has 0 saturated carbocycles. The van der Waals surface area contributed by atoms with Gasteiger partial charge in [0.25, 0.3) is 0 Å². The zero-order chi connectivity index (χ0) is 31.4. The highest BCUT2D eigenvalue weighted by molar-refractivity contribution is 6.26. The molecule has 0 amide bonds. The van der Waals surface area contributed by atoms with Gasteiger partial charge in [-0.05, 0) is 46.0 Å². The number of alkyl halides is 3.